The van der Waals surface area contributed by atoms with Crippen LogP contribution in [0, 0.1) is 5.92 Å². The van der Waals surface area contributed by atoms with Crippen molar-refractivity contribution in [1.82, 2.24) is 4.90 Å². The van der Waals surface area contributed by atoms with Crippen molar-refractivity contribution in [2.24, 2.45) is 5.92 Å². The van der Waals surface area contributed by atoms with Crippen LogP contribution in [0.4, 0.5) is 0 Å². The van der Waals surface area contributed by atoms with E-state index in [9.17, 15) is 4.79 Å². The summed E-state index contributed by atoms with van der Waals surface area (Å²) in [6, 6.07) is 0. The molecule has 1 amide bonds. The van der Waals surface area contributed by atoms with Crippen molar-refractivity contribution in [3.05, 3.63) is 10.3 Å². The molecule has 2 aliphatic heterocycles. The number of hydrogen-bond donors (Lipinski definition) is 0. The molecule has 0 bridgehead atoms. The van der Waals surface area contributed by atoms with Gasteiger partial charge in [-0.15, -0.1) is 22.9 Å². The van der Waals surface area contributed by atoms with Gasteiger partial charge in [0.1, 0.15) is 13.2 Å². The van der Waals surface area contributed by atoms with Crippen LogP contribution in [0.3, 0.4) is 0 Å². The maximum atomic E-state index is 11.8. The number of rotatable bonds is 4. The molecule has 3 rings (SSSR count). The molecule has 0 aliphatic carbocycles. The van der Waals surface area contributed by atoms with E-state index in [2.05, 4.69) is 0 Å². The number of halogens is 1. The van der Waals surface area contributed by atoms with Crippen LogP contribution in [-0.4, -0.2) is 43.0 Å². The summed E-state index contributed by atoms with van der Waals surface area (Å²) in [4.78, 5) is 14.9. The van der Waals surface area contributed by atoms with Gasteiger partial charge in [0.05, 0.1) is 4.88 Å². The molecule has 1 aromatic heterocycles. The Kier molecular flexibility index (Phi) is 3.84. The van der Waals surface area contributed by atoms with Crippen molar-refractivity contribution < 1.29 is 14.3 Å². The Balaban J connectivity index is 1.61. The average Bonchev–Trinajstić information content (AvgIpc) is 3.00. The van der Waals surface area contributed by atoms with Gasteiger partial charge >= 0.3 is 0 Å². The Morgan fingerprint density at radius 3 is 3.05 bits per heavy atom. The average molecular weight is 302 g/mol. The maximum absolute atomic E-state index is 11.8. The summed E-state index contributed by atoms with van der Waals surface area (Å²) in [5.41, 5.74) is 0. The largest absolute Gasteiger partial charge is 0.485 e. The summed E-state index contributed by atoms with van der Waals surface area (Å²) in [6.45, 7) is 2.74. The van der Waals surface area contributed by atoms with Crippen molar-refractivity contribution in [3.8, 4) is 11.5 Å². The minimum atomic E-state index is 0.216. The third-order valence-electron chi connectivity index (χ3n) is 3.49. The molecule has 0 spiro atoms. The summed E-state index contributed by atoms with van der Waals surface area (Å²) in [6.07, 6.45) is 1.41. The summed E-state index contributed by atoms with van der Waals surface area (Å²) in [5, 5.41) is 1.98. The highest BCUT2D eigenvalue weighted by atomic mass is 35.5. The quantitative estimate of drug-likeness (QED) is 0.800. The number of fused-ring (bicyclic) bond motifs is 1. The minimum absolute atomic E-state index is 0.216. The van der Waals surface area contributed by atoms with E-state index in [0.717, 1.165) is 35.9 Å². The lowest BCUT2D eigenvalue weighted by atomic mass is 10.1. The fraction of sp³-hybridized carbons (Fsp3) is 0.615. The lowest BCUT2D eigenvalue weighted by molar-refractivity contribution is -0.127. The fourth-order valence-electron chi connectivity index (χ4n) is 2.50. The Labute approximate surface area is 121 Å². The Hall–Kier alpha value is -0.940. The van der Waals surface area contributed by atoms with Gasteiger partial charge in [0.2, 0.25) is 5.91 Å². The highest BCUT2D eigenvalue weighted by Crippen LogP contribution is 2.39. The number of amides is 1. The topological polar surface area (TPSA) is 38.8 Å². The van der Waals surface area contributed by atoms with Crippen LogP contribution in [0.2, 0.25) is 0 Å². The van der Waals surface area contributed by atoms with E-state index in [1.807, 2.05) is 10.3 Å². The zero-order chi connectivity index (χ0) is 13.2. The molecule has 104 valence electrons. The molecular weight excluding hydrogens is 286 g/mol. The minimum Gasteiger partial charge on any atom is -0.485 e. The van der Waals surface area contributed by atoms with Crippen LogP contribution in [-0.2, 0) is 11.2 Å². The van der Waals surface area contributed by atoms with E-state index in [-0.39, 0.29) is 5.91 Å². The van der Waals surface area contributed by atoms with Crippen molar-refractivity contribution in [1.29, 1.82) is 0 Å². The van der Waals surface area contributed by atoms with Gasteiger partial charge < -0.3 is 14.4 Å². The molecule has 2 aliphatic rings. The van der Waals surface area contributed by atoms with Crippen LogP contribution >= 0.6 is 22.9 Å². The zero-order valence-corrected chi connectivity index (χ0v) is 12.1. The molecule has 0 saturated carbocycles. The summed E-state index contributed by atoms with van der Waals surface area (Å²) < 4.78 is 11.2. The lowest BCUT2D eigenvalue weighted by Crippen LogP contribution is -2.27. The second kappa shape index (κ2) is 5.59. The van der Waals surface area contributed by atoms with Gasteiger partial charge in [-0.3, -0.25) is 4.79 Å². The molecule has 1 saturated heterocycles. The molecule has 1 atom stereocenters. The SMILES string of the molecule is O=C1CC(CCl)CN1CCc1scc2c1OCCO2. The van der Waals surface area contributed by atoms with Crippen LogP contribution in [0.1, 0.15) is 11.3 Å². The fourth-order valence-corrected chi connectivity index (χ4v) is 3.60. The lowest BCUT2D eigenvalue weighted by Gasteiger charge is -2.18. The molecule has 1 unspecified atom stereocenters. The number of likely N-dealkylation sites (tertiary alicyclic amines) is 1. The monoisotopic (exact) mass is 301 g/mol. The molecule has 3 heterocycles. The number of carbonyl (C=O) groups is 1. The highest BCUT2D eigenvalue weighted by Gasteiger charge is 2.29. The normalized spacial score (nSPS) is 22.1. The standard InChI is InChI=1S/C13H16ClNO3S/c14-6-9-5-12(16)15(7-9)2-1-11-13-10(8-19-11)17-3-4-18-13/h8-9H,1-7H2. The van der Waals surface area contributed by atoms with E-state index >= 15 is 0 Å². The van der Waals surface area contributed by atoms with E-state index in [1.54, 1.807) is 11.3 Å². The van der Waals surface area contributed by atoms with Crippen molar-refractivity contribution in [2.75, 3.05) is 32.2 Å². The van der Waals surface area contributed by atoms with E-state index in [4.69, 9.17) is 21.1 Å². The van der Waals surface area contributed by atoms with Crippen LogP contribution in [0.25, 0.3) is 0 Å². The molecule has 0 aromatic carbocycles. The van der Waals surface area contributed by atoms with Gasteiger partial charge in [-0.2, -0.15) is 0 Å². The van der Waals surface area contributed by atoms with Crippen molar-refractivity contribution in [3.63, 3.8) is 0 Å². The van der Waals surface area contributed by atoms with Crippen LogP contribution in [0.5, 0.6) is 11.5 Å². The Bertz CT molecular complexity index is 476. The molecule has 4 nitrogen and oxygen atoms in total. The van der Waals surface area contributed by atoms with Crippen molar-refractivity contribution >= 4 is 28.8 Å². The summed E-state index contributed by atoms with van der Waals surface area (Å²) in [5.74, 6) is 2.81. The molecule has 6 heteroatoms. The number of nitrogens with zero attached hydrogens (tertiary/aromatic N) is 1. The summed E-state index contributed by atoms with van der Waals surface area (Å²) >= 11 is 7.46. The molecule has 1 aromatic rings. The van der Waals surface area contributed by atoms with E-state index in [0.29, 0.717) is 31.4 Å². The van der Waals surface area contributed by atoms with Gasteiger partial charge in [0.15, 0.2) is 11.5 Å². The van der Waals surface area contributed by atoms with Gasteiger partial charge in [-0.05, 0) is 5.92 Å². The first-order valence-corrected chi connectivity index (χ1v) is 7.89. The Morgan fingerprint density at radius 1 is 1.42 bits per heavy atom. The first-order chi connectivity index (χ1) is 9.28. The first-order valence-electron chi connectivity index (χ1n) is 6.47. The second-order valence-corrected chi connectivity index (χ2v) is 6.14. The van der Waals surface area contributed by atoms with E-state index < -0.39 is 0 Å². The number of ether oxygens (including phenoxy) is 2. The predicted molar refractivity (Wildman–Crippen MR) is 74.4 cm³/mol. The molecule has 19 heavy (non-hydrogen) atoms. The third kappa shape index (κ3) is 2.67. The smallest absolute Gasteiger partial charge is 0.222 e. The Morgan fingerprint density at radius 2 is 2.26 bits per heavy atom. The third-order valence-corrected chi connectivity index (χ3v) is 4.94. The van der Waals surface area contributed by atoms with Gasteiger partial charge in [0.25, 0.3) is 0 Å². The number of carbonyl (C=O) groups excluding carboxylic acids is 1. The molecule has 0 N–H and O–H groups in total. The molecule has 1 fully saturated rings. The summed E-state index contributed by atoms with van der Waals surface area (Å²) in [7, 11) is 0. The van der Waals surface area contributed by atoms with Crippen LogP contribution in [0.15, 0.2) is 5.38 Å². The van der Waals surface area contributed by atoms with Crippen LogP contribution < -0.4 is 9.47 Å². The van der Waals surface area contributed by atoms with Gasteiger partial charge in [-0.1, -0.05) is 0 Å². The predicted octanol–water partition coefficient (Wildman–Crippen LogP) is 2.15. The first kappa shape index (κ1) is 13.1. The maximum Gasteiger partial charge on any atom is 0.222 e. The van der Waals surface area contributed by atoms with Crippen molar-refractivity contribution in [2.45, 2.75) is 12.8 Å². The number of hydrogen-bond acceptors (Lipinski definition) is 4. The number of thiophene rings is 1. The molecule has 0 radical (unpaired) electrons. The number of alkyl halides is 1. The zero-order valence-electron chi connectivity index (χ0n) is 10.6. The van der Waals surface area contributed by atoms with E-state index in [1.165, 1.54) is 0 Å². The second-order valence-electron chi connectivity index (χ2n) is 4.86. The highest BCUT2D eigenvalue weighted by molar-refractivity contribution is 7.10. The van der Waals surface area contributed by atoms with Gasteiger partial charge in [0, 0.05) is 37.2 Å². The molecular formula is C13H16ClNO3S. The van der Waals surface area contributed by atoms with Gasteiger partial charge in [-0.25, -0.2) is 0 Å².